The van der Waals surface area contributed by atoms with Gasteiger partial charge in [-0.2, -0.15) is 0 Å². The zero-order chi connectivity index (χ0) is 10.6. The van der Waals surface area contributed by atoms with Crippen molar-refractivity contribution in [2.75, 3.05) is 6.61 Å². The van der Waals surface area contributed by atoms with Gasteiger partial charge in [0.15, 0.2) is 0 Å². The van der Waals surface area contributed by atoms with Crippen molar-refractivity contribution in [3.63, 3.8) is 0 Å². The third-order valence-corrected chi connectivity index (χ3v) is 2.13. The van der Waals surface area contributed by atoms with Gasteiger partial charge in [0, 0.05) is 11.3 Å². The Hall–Kier alpha value is -0.960. The van der Waals surface area contributed by atoms with Gasteiger partial charge in [0.25, 0.3) is 0 Å². The van der Waals surface area contributed by atoms with E-state index in [2.05, 4.69) is 12.6 Å². The molecule has 0 fully saturated rings. The van der Waals surface area contributed by atoms with Gasteiger partial charge in [-0.05, 0) is 31.5 Å². The molecule has 0 saturated heterocycles. The van der Waals surface area contributed by atoms with E-state index in [0.29, 0.717) is 13.0 Å². The lowest BCUT2D eigenvalue weighted by molar-refractivity contribution is -0.116. The van der Waals surface area contributed by atoms with Crippen LogP contribution in [0.2, 0.25) is 0 Å². The summed E-state index contributed by atoms with van der Waals surface area (Å²) in [5, 5.41) is 0. The number of hydrogen-bond donors (Lipinski definition) is 1. The Bertz CT molecular complexity index is 334. The number of hydrogen-bond acceptors (Lipinski definition) is 3. The summed E-state index contributed by atoms with van der Waals surface area (Å²) < 4.78 is 5.34. The maximum atomic E-state index is 10.9. The van der Waals surface area contributed by atoms with Crippen LogP contribution in [0.4, 0.5) is 0 Å². The van der Waals surface area contributed by atoms with Crippen LogP contribution in [0.3, 0.4) is 0 Å². The maximum absolute atomic E-state index is 10.9. The fourth-order valence-corrected chi connectivity index (χ4v) is 1.54. The number of thiol groups is 1. The molecule has 0 unspecified atom stereocenters. The lowest BCUT2D eigenvalue weighted by Gasteiger charge is -2.07. The summed E-state index contributed by atoms with van der Waals surface area (Å²) in [6.45, 7) is 4.13. The van der Waals surface area contributed by atoms with E-state index in [9.17, 15) is 4.79 Å². The van der Waals surface area contributed by atoms with Crippen LogP contribution in [-0.2, 0) is 11.2 Å². The molecule has 0 aliphatic rings. The summed E-state index contributed by atoms with van der Waals surface area (Å²) in [7, 11) is 0. The van der Waals surface area contributed by atoms with Gasteiger partial charge < -0.3 is 4.74 Å². The van der Waals surface area contributed by atoms with Crippen LogP contribution in [-0.4, -0.2) is 12.4 Å². The second kappa shape index (κ2) is 5.05. The summed E-state index contributed by atoms with van der Waals surface area (Å²) >= 11 is 4.29. The Labute approximate surface area is 89.7 Å². The fourth-order valence-electron chi connectivity index (χ4n) is 1.24. The number of ether oxygens (including phenoxy) is 1. The Balaban J connectivity index is 2.83. The maximum Gasteiger partial charge on any atom is 0.134 e. The monoisotopic (exact) mass is 210 g/mol. The largest absolute Gasteiger partial charge is 0.493 e. The zero-order valence-corrected chi connectivity index (χ0v) is 9.30. The smallest absolute Gasteiger partial charge is 0.134 e. The van der Waals surface area contributed by atoms with E-state index in [0.717, 1.165) is 16.2 Å². The Morgan fingerprint density at radius 1 is 1.50 bits per heavy atom. The molecule has 1 rings (SSSR count). The SMILES string of the molecule is CCOc1ccc(CC(C)=O)cc1S. The summed E-state index contributed by atoms with van der Waals surface area (Å²) in [6, 6.07) is 5.62. The standard InChI is InChI=1S/C11H14O2S/c1-3-13-10-5-4-9(6-8(2)12)7-11(10)14/h4-5,7,14H,3,6H2,1-2H3. The van der Waals surface area contributed by atoms with E-state index in [1.165, 1.54) is 0 Å². The predicted molar refractivity (Wildman–Crippen MR) is 59.2 cm³/mol. The zero-order valence-electron chi connectivity index (χ0n) is 8.41. The number of rotatable bonds is 4. The molecule has 0 N–H and O–H groups in total. The molecule has 0 aromatic heterocycles. The lowest BCUT2D eigenvalue weighted by atomic mass is 10.1. The molecule has 76 valence electrons. The van der Waals surface area contributed by atoms with Gasteiger partial charge in [0.05, 0.1) is 6.61 Å². The number of carbonyl (C=O) groups is 1. The van der Waals surface area contributed by atoms with Gasteiger partial charge in [-0.3, -0.25) is 4.79 Å². The van der Waals surface area contributed by atoms with Crippen molar-refractivity contribution in [2.45, 2.75) is 25.2 Å². The second-order valence-corrected chi connectivity index (χ2v) is 3.60. The van der Waals surface area contributed by atoms with Gasteiger partial charge in [0.2, 0.25) is 0 Å². The van der Waals surface area contributed by atoms with E-state index in [4.69, 9.17) is 4.74 Å². The van der Waals surface area contributed by atoms with E-state index < -0.39 is 0 Å². The molecule has 0 saturated carbocycles. The molecular weight excluding hydrogens is 196 g/mol. The molecule has 0 heterocycles. The van der Waals surface area contributed by atoms with E-state index in [1.807, 2.05) is 25.1 Å². The Morgan fingerprint density at radius 2 is 2.21 bits per heavy atom. The molecule has 0 amide bonds. The van der Waals surface area contributed by atoms with Crippen molar-refractivity contribution in [1.29, 1.82) is 0 Å². The van der Waals surface area contributed by atoms with Gasteiger partial charge >= 0.3 is 0 Å². The number of ketones is 1. The molecule has 0 aliphatic heterocycles. The van der Waals surface area contributed by atoms with E-state index >= 15 is 0 Å². The first-order chi connectivity index (χ1) is 6.63. The summed E-state index contributed by atoms with van der Waals surface area (Å²) in [4.78, 5) is 11.7. The van der Waals surface area contributed by atoms with Crippen molar-refractivity contribution < 1.29 is 9.53 Å². The number of benzene rings is 1. The first kappa shape index (κ1) is 11.1. The minimum Gasteiger partial charge on any atom is -0.493 e. The van der Waals surface area contributed by atoms with Crippen molar-refractivity contribution >= 4 is 18.4 Å². The van der Waals surface area contributed by atoms with Gasteiger partial charge in [-0.25, -0.2) is 0 Å². The van der Waals surface area contributed by atoms with Crippen molar-refractivity contribution in [1.82, 2.24) is 0 Å². The Kier molecular flexibility index (Phi) is 4.01. The van der Waals surface area contributed by atoms with Gasteiger partial charge in [0.1, 0.15) is 11.5 Å². The molecule has 0 aliphatic carbocycles. The summed E-state index contributed by atoms with van der Waals surface area (Å²) in [6.07, 6.45) is 0.458. The molecule has 0 bridgehead atoms. The minimum atomic E-state index is 0.155. The van der Waals surface area contributed by atoms with Crippen LogP contribution < -0.4 is 4.74 Å². The first-order valence-corrected chi connectivity index (χ1v) is 5.02. The molecule has 3 heteroatoms. The topological polar surface area (TPSA) is 26.3 Å². The lowest BCUT2D eigenvalue weighted by Crippen LogP contribution is -1.98. The van der Waals surface area contributed by atoms with Crippen LogP contribution in [0.25, 0.3) is 0 Å². The second-order valence-electron chi connectivity index (χ2n) is 3.11. The van der Waals surface area contributed by atoms with Crippen LogP contribution in [0.15, 0.2) is 23.1 Å². The highest BCUT2D eigenvalue weighted by Gasteiger charge is 2.02. The van der Waals surface area contributed by atoms with Gasteiger partial charge in [-0.1, -0.05) is 6.07 Å². The van der Waals surface area contributed by atoms with Crippen LogP contribution in [0.5, 0.6) is 5.75 Å². The normalized spacial score (nSPS) is 9.93. The van der Waals surface area contributed by atoms with Crippen molar-refractivity contribution in [2.24, 2.45) is 0 Å². The van der Waals surface area contributed by atoms with E-state index in [1.54, 1.807) is 6.92 Å². The number of carbonyl (C=O) groups excluding carboxylic acids is 1. The summed E-state index contributed by atoms with van der Waals surface area (Å²) in [5.41, 5.74) is 0.978. The van der Waals surface area contributed by atoms with Crippen LogP contribution in [0.1, 0.15) is 19.4 Å². The van der Waals surface area contributed by atoms with Gasteiger partial charge in [-0.15, -0.1) is 12.6 Å². The molecule has 0 radical (unpaired) electrons. The molecule has 1 aromatic rings. The molecule has 14 heavy (non-hydrogen) atoms. The highest BCUT2D eigenvalue weighted by Crippen LogP contribution is 2.23. The van der Waals surface area contributed by atoms with E-state index in [-0.39, 0.29) is 5.78 Å². The highest BCUT2D eigenvalue weighted by molar-refractivity contribution is 7.80. The fraction of sp³-hybridized carbons (Fsp3) is 0.364. The quantitative estimate of drug-likeness (QED) is 0.773. The predicted octanol–water partition coefficient (Wildman–Crippen LogP) is 2.51. The molecule has 0 spiro atoms. The molecule has 1 aromatic carbocycles. The third kappa shape index (κ3) is 3.07. The highest BCUT2D eigenvalue weighted by atomic mass is 32.1. The van der Waals surface area contributed by atoms with Crippen LogP contribution in [0, 0.1) is 0 Å². The number of Topliss-reactive ketones (excluding diaryl/α,β-unsaturated/α-hetero) is 1. The Morgan fingerprint density at radius 3 is 2.71 bits per heavy atom. The molecular formula is C11H14O2S. The van der Waals surface area contributed by atoms with Crippen molar-refractivity contribution in [3.05, 3.63) is 23.8 Å². The minimum absolute atomic E-state index is 0.155. The molecule has 2 nitrogen and oxygen atoms in total. The summed E-state index contributed by atoms with van der Waals surface area (Å²) in [5.74, 6) is 0.921. The first-order valence-electron chi connectivity index (χ1n) is 4.57. The average molecular weight is 210 g/mol. The third-order valence-electron chi connectivity index (χ3n) is 1.78. The van der Waals surface area contributed by atoms with Crippen molar-refractivity contribution in [3.8, 4) is 5.75 Å². The van der Waals surface area contributed by atoms with Crippen LogP contribution >= 0.6 is 12.6 Å². The molecule has 0 atom stereocenters. The average Bonchev–Trinajstić information content (AvgIpc) is 2.09.